The monoisotopic (exact) mass is 936 g/mol. The second-order valence-corrected chi connectivity index (χ2v) is 19.0. The average Bonchev–Trinajstić information content (AvgIpc) is 3.65. The topological polar surface area (TPSA) is 203 Å². The number of anilines is 2. The fourth-order valence-electron chi connectivity index (χ4n) is 7.55. The number of nitrogens with one attached hydrogen (secondary N) is 2. The Labute approximate surface area is 382 Å². The quantitative estimate of drug-likeness (QED) is 0.102. The highest BCUT2D eigenvalue weighted by atomic mass is 35.5. The van der Waals surface area contributed by atoms with E-state index in [4.69, 9.17) is 48.4 Å². The zero-order chi connectivity index (χ0) is 45.3. The summed E-state index contributed by atoms with van der Waals surface area (Å²) in [5.74, 6) is -1.05. The van der Waals surface area contributed by atoms with Crippen LogP contribution in [-0.4, -0.2) is 54.7 Å². The average molecular weight is 938 g/mol. The van der Waals surface area contributed by atoms with Gasteiger partial charge in [0.2, 0.25) is 12.0 Å². The van der Waals surface area contributed by atoms with E-state index < -0.39 is 46.0 Å². The van der Waals surface area contributed by atoms with Crippen LogP contribution in [0.25, 0.3) is 11.1 Å². The van der Waals surface area contributed by atoms with Crippen LogP contribution in [0.5, 0.6) is 11.5 Å². The maximum absolute atomic E-state index is 14.5. The number of hydrogen-bond donors (Lipinski definition) is 3. The van der Waals surface area contributed by atoms with E-state index in [0.29, 0.717) is 55.0 Å². The first-order valence-corrected chi connectivity index (χ1v) is 22.7. The summed E-state index contributed by atoms with van der Waals surface area (Å²) >= 11 is 12.9. The van der Waals surface area contributed by atoms with Gasteiger partial charge in [-0.25, -0.2) is 18.2 Å². The Bertz CT molecular complexity index is 2940. The molecule has 1 unspecified atom stereocenters. The van der Waals surface area contributed by atoms with Crippen molar-refractivity contribution in [3.05, 3.63) is 152 Å². The summed E-state index contributed by atoms with van der Waals surface area (Å²) in [4.78, 5) is 45.2. The largest absolute Gasteiger partial charge is 0.489 e. The normalized spacial score (nSPS) is 16.3. The number of amides is 2. The maximum Gasteiger partial charge on any atom is 0.328 e. The van der Waals surface area contributed by atoms with Crippen LogP contribution < -0.4 is 25.8 Å². The first-order valence-electron chi connectivity index (χ1n) is 19.7. The lowest BCUT2D eigenvalue weighted by Crippen LogP contribution is -2.56. The van der Waals surface area contributed by atoms with Crippen molar-refractivity contribution in [3.63, 3.8) is 0 Å². The number of thiazole rings is 1. The van der Waals surface area contributed by atoms with E-state index in [1.807, 2.05) is 42.5 Å². The number of sulfonamides is 1. The summed E-state index contributed by atoms with van der Waals surface area (Å²) in [5.41, 5.74) is 12.0. The molecule has 0 bridgehead atoms. The number of nitriles is 1. The number of nitrogens with two attached hydrogens (primary N) is 1. The molecule has 3 atom stereocenters. The fourth-order valence-corrected chi connectivity index (χ4v) is 10.9. The molecule has 4 N–H and O–H groups in total. The van der Waals surface area contributed by atoms with Crippen LogP contribution in [0.3, 0.4) is 0 Å². The highest BCUT2D eigenvalue weighted by molar-refractivity contribution is 7.91. The number of methoxy groups -OCH3 is 1. The summed E-state index contributed by atoms with van der Waals surface area (Å²) in [6.07, 6.45) is -1.11. The van der Waals surface area contributed by atoms with Crippen LogP contribution in [0.15, 0.2) is 107 Å². The summed E-state index contributed by atoms with van der Waals surface area (Å²) in [6, 6.07) is 29.5. The third kappa shape index (κ3) is 9.26. The van der Waals surface area contributed by atoms with Gasteiger partial charge in [-0.15, -0.1) is 0 Å². The molecule has 0 fully saturated rings. The number of benzene rings is 5. The summed E-state index contributed by atoms with van der Waals surface area (Å²) in [6.45, 7) is 1.50. The number of esters is 1. The number of nitrogen functional groups attached to an aromatic ring is 1. The molecule has 326 valence electrons. The minimum atomic E-state index is -4.40. The van der Waals surface area contributed by atoms with E-state index in [0.717, 1.165) is 32.3 Å². The van der Waals surface area contributed by atoms with Gasteiger partial charge >= 0.3 is 5.97 Å². The molecule has 2 aliphatic heterocycles. The molecule has 3 heterocycles. The van der Waals surface area contributed by atoms with Crippen LogP contribution in [0.2, 0.25) is 10.0 Å². The number of fused-ring (bicyclic) bond motifs is 2. The second-order valence-electron chi connectivity index (χ2n) is 15.1. The lowest BCUT2D eigenvalue weighted by atomic mass is 9.93. The molecule has 0 saturated heterocycles. The molecule has 0 spiro atoms. The van der Waals surface area contributed by atoms with Crippen LogP contribution in [0, 0.1) is 18.3 Å². The standard InChI is InChI=1S/C46H38Cl2N6O8S2/c1-25-45(63-46(50)51-25)64(58,59)54-23-33-21-40-37(52-43(56)41(62-40)31-12-14-34(15-13-31)61-24-28-7-16-35(47)36(48)17-28)19-32(33)20-39(54)42(55)53-38(44(57)60-2)18-26-3-8-29(9-4-26)30-10-5-27(22-49)6-11-30/h3-17,19,21,38-39,41H,18,20,23-24H2,1-2H3,(H2,50,51)(H,52,56)(H,53,55)/t38?,39-,41-/m0/s1. The van der Waals surface area contributed by atoms with Crippen molar-refractivity contribution < 1.29 is 37.0 Å². The van der Waals surface area contributed by atoms with Gasteiger partial charge in [-0.1, -0.05) is 89.1 Å². The fraction of sp³-hybridized carbons (Fsp3) is 0.196. The second kappa shape index (κ2) is 18.3. The minimum absolute atomic E-state index is 0.0408. The summed E-state index contributed by atoms with van der Waals surface area (Å²) < 4.78 is 47.2. The molecule has 2 amide bonds. The lowest BCUT2D eigenvalue weighted by Gasteiger charge is -2.36. The Morgan fingerprint density at radius 3 is 2.31 bits per heavy atom. The molecule has 8 rings (SSSR count). The van der Waals surface area contributed by atoms with E-state index in [1.54, 1.807) is 60.7 Å². The van der Waals surface area contributed by atoms with Gasteiger partial charge < -0.3 is 30.6 Å². The number of halogens is 2. The van der Waals surface area contributed by atoms with Gasteiger partial charge in [0.25, 0.3) is 15.9 Å². The smallest absolute Gasteiger partial charge is 0.328 e. The minimum Gasteiger partial charge on any atom is -0.489 e. The van der Waals surface area contributed by atoms with E-state index in [1.165, 1.54) is 14.0 Å². The first-order chi connectivity index (χ1) is 30.7. The van der Waals surface area contributed by atoms with Gasteiger partial charge in [0.05, 0.1) is 40.2 Å². The third-order valence-electron chi connectivity index (χ3n) is 10.9. The first kappa shape index (κ1) is 44.1. The number of ether oxygens (including phenoxy) is 3. The van der Waals surface area contributed by atoms with Gasteiger partial charge in [0, 0.05) is 18.5 Å². The van der Waals surface area contributed by atoms with Gasteiger partial charge in [-0.3, -0.25) is 9.59 Å². The molecule has 18 heteroatoms. The van der Waals surface area contributed by atoms with Crippen molar-refractivity contribution >= 4 is 73.2 Å². The predicted molar refractivity (Wildman–Crippen MR) is 241 cm³/mol. The molecule has 5 aromatic carbocycles. The molecule has 0 radical (unpaired) electrons. The van der Waals surface area contributed by atoms with Crippen LogP contribution in [-0.2, 0) is 55.1 Å². The SMILES string of the molecule is COC(=O)C(Cc1ccc(-c2ccc(C#N)cc2)cc1)NC(=O)[C@@H]1Cc2cc3c(cc2CN1S(=O)(=O)c1sc(N)nc1C)O[C@@H](c1ccc(OCc2ccc(Cl)c(Cl)c2)cc1)C(=O)N3. The Morgan fingerprint density at radius 2 is 1.67 bits per heavy atom. The number of rotatable bonds is 12. The highest BCUT2D eigenvalue weighted by Gasteiger charge is 2.43. The van der Waals surface area contributed by atoms with Crippen molar-refractivity contribution in [2.45, 2.75) is 55.3 Å². The number of carbonyl (C=O) groups is 3. The van der Waals surface area contributed by atoms with E-state index >= 15 is 0 Å². The molecule has 14 nitrogen and oxygen atoms in total. The van der Waals surface area contributed by atoms with Gasteiger partial charge in [-0.05, 0) is 95.3 Å². The molecular weight excluding hydrogens is 900 g/mol. The van der Waals surface area contributed by atoms with Crippen molar-refractivity contribution in [3.8, 4) is 28.7 Å². The zero-order valence-electron chi connectivity index (χ0n) is 34.1. The predicted octanol–water partition coefficient (Wildman–Crippen LogP) is 7.55. The molecule has 0 aliphatic carbocycles. The molecule has 64 heavy (non-hydrogen) atoms. The molecule has 1 aromatic heterocycles. The van der Waals surface area contributed by atoms with Crippen LogP contribution >= 0.6 is 34.5 Å². The molecule has 6 aromatic rings. The number of hydrogen-bond acceptors (Lipinski definition) is 12. The number of aromatic nitrogens is 1. The zero-order valence-corrected chi connectivity index (χ0v) is 37.3. The van der Waals surface area contributed by atoms with Crippen LogP contribution in [0.1, 0.15) is 45.2 Å². The Kier molecular flexibility index (Phi) is 12.6. The van der Waals surface area contributed by atoms with E-state index in [9.17, 15) is 22.8 Å². The van der Waals surface area contributed by atoms with E-state index in [-0.39, 0.29) is 41.0 Å². The molecular formula is C46H38Cl2N6O8S2. The Balaban J connectivity index is 1.03. The lowest BCUT2D eigenvalue weighted by molar-refractivity contribution is -0.145. The van der Waals surface area contributed by atoms with E-state index in [2.05, 4.69) is 21.7 Å². The van der Waals surface area contributed by atoms with Gasteiger partial charge in [0.1, 0.15) is 30.2 Å². The number of carbonyl (C=O) groups excluding carboxylic acids is 3. The van der Waals surface area contributed by atoms with Gasteiger partial charge in [-0.2, -0.15) is 9.57 Å². The highest BCUT2D eigenvalue weighted by Crippen LogP contribution is 2.41. The molecule has 2 aliphatic rings. The molecule has 0 saturated carbocycles. The van der Waals surface area contributed by atoms with Crippen molar-refractivity contribution in [1.29, 1.82) is 5.26 Å². The Hall–Kier alpha value is -6.48. The Morgan fingerprint density at radius 1 is 0.984 bits per heavy atom. The summed E-state index contributed by atoms with van der Waals surface area (Å²) in [7, 11) is -3.20. The van der Waals surface area contributed by atoms with Crippen LogP contribution in [0.4, 0.5) is 10.8 Å². The maximum atomic E-state index is 14.5. The third-order valence-corrected chi connectivity index (χ3v) is 15.0. The van der Waals surface area contributed by atoms with Gasteiger partial charge in [0.15, 0.2) is 9.34 Å². The summed E-state index contributed by atoms with van der Waals surface area (Å²) in [5, 5.41) is 15.7. The van der Waals surface area contributed by atoms with Crippen molar-refractivity contribution in [1.82, 2.24) is 14.6 Å². The van der Waals surface area contributed by atoms with Crippen molar-refractivity contribution in [2.24, 2.45) is 0 Å². The van der Waals surface area contributed by atoms with Crippen molar-refractivity contribution in [2.75, 3.05) is 18.2 Å². The number of aryl methyl sites for hydroxylation is 1. The number of nitrogens with zero attached hydrogens (tertiary/aromatic N) is 3.